The summed E-state index contributed by atoms with van der Waals surface area (Å²) < 4.78 is 15.4. The van der Waals surface area contributed by atoms with Crippen molar-refractivity contribution in [1.82, 2.24) is 19.6 Å². The fourth-order valence-electron chi connectivity index (χ4n) is 5.68. The molecule has 1 aliphatic heterocycles. The number of pyridine rings is 1. The van der Waals surface area contributed by atoms with Gasteiger partial charge in [0.25, 0.3) is 0 Å². The molecule has 3 aromatic heterocycles. The summed E-state index contributed by atoms with van der Waals surface area (Å²) in [7, 11) is 0. The first-order valence-corrected chi connectivity index (χ1v) is 12.0. The van der Waals surface area contributed by atoms with E-state index < -0.39 is 0 Å². The maximum absolute atomic E-state index is 13.8. The van der Waals surface area contributed by atoms with Crippen molar-refractivity contribution >= 4 is 17.2 Å². The Morgan fingerprint density at radius 3 is 2.88 bits per heavy atom. The number of rotatable bonds is 7. The lowest BCUT2D eigenvalue weighted by atomic mass is 9.83. The first-order valence-electron chi connectivity index (χ1n) is 12.0. The summed E-state index contributed by atoms with van der Waals surface area (Å²) in [5.74, 6) is 0.783. The highest BCUT2D eigenvalue weighted by molar-refractivity contribution is 6.01. The highest BCUT2D eigenvalue weighted by Gasteiger charge is 2.33. The van der Waals surface area contributed by atoms with Crippen LogP contribution in [0.5, 0.6) is 0 Å². The molecule has 0 aromatic carbocycles. The Morgan fingerprint density at radius 1 is 1.24 bits per heavy atom. The molecule has 3 aromatic rings. The minimum Gasteiger partial charge on any atom is -0.393 e. The van der Waals surface area contributed by atoms with Crippen molar-refractivity contribution in [2.45, 2.75) is 64.0 Å². The molecule has 4 unspecified atom stereocenters. The summed E-state index contributed by atoms with van der Waals surface area (Å²) in [4.78, 5) is 24.3. The maximum atomic E-state index is 13.8. The number of fused-ring (bicyclic) bond motifs is 1. The Balaban J connectivity index is 1.41. The van der Waals surface area contributed by atoms with E-state index in [-0.39, 0.29) is 35.6 Å². The van der Waals surface area contributed by atoms with Crippen LogP contribution in [0.1, 0.15) is 73.8 Å². The van der Waals surface area contributed by atoms with E-state index in [0.29, 0.717) is 17.6 Å². The second kappa shape index (κ2) is 9.17. The molecular formula is C25H30FN5O2. The smallest absolute Gasteiger partial charge is 0.168 e. The van der Waals surface area contributed by atoms with Crippen LogP contribution in [-0.2, 0) is 0 Å². The molecule has 8 heteroatoms. The number of aliphatic hydroxyl groups is 1. The molecule has 0 spiro atoms. The third kappa shape index (κ3) is 4.24. The van der Waals surface area contributed by atoms with Crippen molar-refractivity contribution in [1.29, 1.82) is 0 Å². The third-order valence-corrected chi connectivity index (χ3v) is 7.42. The zero-order valence-electron chi connectivity index (χ0n) is 18.9. The SMILES string of the molecule is CCC(CC(=O)c1cnn2ccc(N3CCCC3c3cncc(F)c3)nc12)C1CCCC1O. The van der Waals surface area contributed by atoms with Gasteiger partial charge in [0.1, 0.15) is 11.6 Å². The fraction of sp³-hybridized carbons (Fsp3) is 0.520. The van der Waals surface area contributed by atoms with Gasteiger partial charge in [-0.3, -0.25) is 9.78 Å². The minimum atomic E-state index is -0.343. The summed E-state index contributed by atoms with van der Waals surface area (Å²) in [6.45, 7) is 2.89. The van der Waals surface area contributed by atoms with Gasteiger partial charge in [-0.25, -0.2) is 13.9 Å². The number of hydrogen-bond acceptors (Lipinski definition) is 6. The number of Topliss-reactive ketones (excluding diaryl/α,β-unsaturated/α-hetero) is 1. The summed E-state index contributed by atoms with van der Waals surface area (Å²) in [5.41, 5.74) is 1.90. The number of carbonyl (C=O) groups excluding carboxylic acids is 1. The standard InChI is InChI=1S/C25H30FN5O2/c1-2-16(19-5-3-7-22(19)32)12-23(33)20-15-28-31-10-8-24(29-25(20)31)30-9-4-6-21(30)17-11-18(26)14-27-13-17/h8,10-11,13-16,19,21-22,32H,2-7,9,12H2,1H3. The molecule has 4 heterocycles. The first-order chi connectivity index (χ1) is 16.0. The molecule has 1 saturated carbocycles. The number of aromatic nitrogens is 4. The van der Waals surface area contributed by atoms with Crippen LogP contribution < -0.4 is 4.90 Å². The Hall–Kier alpha value is -2.87. The average molecular weight is 452 g/mol. The molecule has 0 radical (unpaired) electrons. The number of hydrogen-bond donors (Lipinski definition) is 1. The van der Waals surface area contributed by atoms with Crippen LogP contribution in [0.2, 0.25) is 0 Å². The third-order valence-electron chi connectivity index (χ3n) is 7.42. The molecule has 2 aliphatic rings. The van der Waals surface area contributed by atoms with Crippen LogP contribution in [0.3, 0.4) is 0 Å². The van der Waals surface area contributed by atoms with Gasteiger partial charge in [0.15, 0.2) is 11.4 Å². The predicted molar refractivity (Wildman–Crippen MR) is 123 cm³/mol. The molecule has 33 heavy (non-hydrogen) atoms. The molecule has 174 valence electrons. The summed E-state index contributed by atoms with van der Waals surface area (Å²) >= 11 is 0. The van der Waals surface area contributed by atoms with Crippen LogP contribution in [0.4, 0.5) is 10.2 Å². The van der Waals surface area contributed by atoms with Crippen LogP contribution in [0, 0.1) is 17.7 Å². The molecule has 5 rings (SSSR count). The van der Waals surface area contributed by atoms with E-state index >= 15 is 0 Å². The lowest BCUT2D eigenvalue weighted by Gasteiger charge is -2.26. The highest BCUT2D eigenvalue weighted by Crippen LogP contribution is 2.37. The van der Waals surface area contributed by atoms with E-state index in [1.165, 1.54) is 12.3 Å². The monoisotopic (exact) mass is 451 g/mol. The van der Waals surface area contributed by atoms with E-state index in [1.807, 2.05) is 12.3 Å². The van der Waals surface area contributed by atoms with Gasteiger partial charge in [0, 0.05) is 25.4 Å². The Labute approximate surface area is 192 Å². The molecule has 2 fully saturated rings. The Kier molecular flexibility index (Phi) is 6.10. The van der Waals surface area contributed by atoms with E-state index in [0.717, 1.165) is 56.5 Å². The molecular weight excluding hydrogens is 421 g/mol. The molecule has 1 N–H and O–H groups in total. The fourth-order valence-corrected chi connectivity index (χ4v) is 5.68. The lowest BCUT2D eigenvalue weighted by Crippen LogP contribution is -2.25. The molecule has 0 amide bonds. The number of nitrogens with zero attached hydrogens (tertiary/aromatic N) is 5. The van der Waals surface area contributed by atoms with E-state index in [1.54, 1.807) is 16.9 Å². The molecule has 7 nitrogen and oxygen atoms in total. The Morgan fingerprint density at radius 2 is 2.12 bits per heavy atom. The second-order valence-corrected chi connectivity index (χ2v) is 9.36. The normalized spacial score (nSPS) is 24.0. The van der Waals surface area contributed by atoms with Crippen molar-refractivity contribution in [2.75, 3.05) is 11.4 Å². The zero-order valence-corrected chi connectivity index (χ0v) is 18.9. The van der Waals surface area contributed by atoms with Crippen molar-refractivity contribution in [3.05, 3.63) is 53.9 Å². The van der Waals surface area contributed by atoms with E-state index in [2.05, 4.69) is 21.9 Å². The topological polar surface area (TPSA) is 83.6 Å². The van der Waals surface area contributed by atoms with Gasteiger partial charge >= 0.3 is 0 Å². The molecule has 4 atom stereocenters. The summed E-state index contributed by atoms with van der Waals surface area (Å²) in [6.07, 6.45) is 12.0. The van der Waals surface area contributed by atoms with Gasteiger partial charge in [0.2, 0.25) is 0 Å². The zero-order chi connectivity index (χ0) is 22.9. The maximum Gasteiger partial charge on any atom is 0.168 e. The molecule has 1 aliphatic carbocycles. The van der Waals surface area contributed by atoms with Crippen molar-refractivity contribution in [3.63, 3.8) is 0 Å². The van der Waals surface area contributed by atoms with Crippen molar-refractivity contribution in [3.8, 4) is 0 Å². The number of ketones is 1. The molecule has 0 bridgehead atoms. The van der Waals surface area contributed by atoms with Crippen molar-refractivity contribution in [2.24, 2.45) is 11.8 Å². The summed E-state index contributed by atoms with van der Waals surface area (Å²) in [6, 6.07) is 3.42. The van der Waals surface area contributed by atoms with Crippen LogP contribution >= 0.6 is 0 Å². The predicted octanol–water partition coefficient (Wildman–Crippen LogP) is 4.36. The van der Waals surface area contributed by atoms with E-state index in [9.17, 15) is 14.3 Å². The lowest BCUT2D eigenvalue weighted by molar-refractivity contribution is 0.0790. The van der Waals surface area contributed by atoms with Gasteiger partial charge in [-0.1, -0.05) is 19.8 Å². The van der Waals surface area contributed by atoms with Gasteiger partial charge in [0.05, 0.1) is 30.1 Å². The van der Waals surface area contributed by atoms with Gasteiger partial charge in [-0.05, 0) is 55.2 Å². The number of aliphatic hydroxyl groups excluding tert-OH is 1. The largest absolute Gasteiger partial charge is 0.393 e. The Bertz CT molecular complexity index is 1150. The van der Waals surface area contributed by atoms with Crippen LogP contribution in [0.15, 0.2) is 36.9 Å². The van der Waals surface area contributed by atoms with Gasteiger partial charge in [-0.2, -0.15) is 5.10 Å². The van der Waals surface area contributed by atoms with Gasteiger partial charge < -0.3 is 10.0 Å². The minimum absolute atomic E-state index is 0.00134. The van der Waals surface area contributed by atoms with Crippen molar-refractivity contribution < 1.29 is 14.3 Å². The first kappa shape index (κ1) is 21.9. The number of carbonyl (C=O) groups is 1. The summed E-state index contributed by atoms with van der Waals surface area (Å²) in [5, 5.41) is 14.7. The molecule has 1 saturated heterocycles. The number of halogens is 1. The quantitative estimate of drug-likeness (QED) is 0.537. The highest BCUT2D eigenvalue weighted by atomic mass is 19.1. The number of anilines is 1. The van der Waals surface area contributed by atoms with E-state index in [4.69, 9.17) is 4.98 Å². The van der Waals surface area contributed by atoms with Crippen LogP contribution in [-0.4, -0.2) is 43.1 Å². The second-order valence-electron chi connectivity index (χ2n) is 9.36. The average Bonchev–Trinajstić information content (AvgIpc) is 3.56. The van der Waals surface area contributed by atoms with Crippen LogP contribution in [0.25, 0.3) is 5.65 Å². The van der Waals surface area contributed by atoms with Gasteiger partial charge in [-0.15, -0.1) is 0 Å².